The van der Waals surface area contributed by atoms with Crippen LogP contribution in [0.4, 0.5) is 0 Å². The highest BCUT2D eigenvalue weighted by Gasteiger charge is 2.18. The molecule has 19 heavy (non-hydrogen) atoms. The first kappa shape index (κ1) is 14.0. The Labute approximate surface area is 119 Å². The van der Waals surface area contributed by atoms with Crippen LogP contribution in [0.1, 0.15) is 49.3 Å². The lowest BCUT2D eigenvalue weighted by Gasteiger charge is -2.13. The molecule has 1 nitrogen and oxygen atoms in total. The first-order valence-electron chi connectivity index (χ1n) is 6.66. The molecule has 0 bridgehead atoms. The van der Waals surface area contributed by atoms with Gasteiger partial charge in [0.25, 0.3) is 0 Å². The molecule has 0 aliphatic heterocycles. The third kappa shape index (κ3) is 2.50. The van der Waals surface area contributed by atoms with E-state index >= 15 is 0 Å². The molecule has 0 amide bonds. The van der Waals surface area contributed by atoms with Crippen LogP contribution in [0.3, 0.4) is 0 Å². The molecule has 1 heterocycles. The molecule has 0 saturated heterocycles. The second kappa shape index (κ2) is 5.30. The second-order valence-corrected chi connectivity index (χ2v) is 6.25. The second-order valence-electron chi connectivity index (χ2n) is 5.08. The maximum atomic E-state index is 12.7. The fourth-order valence-electron chi connectivity index (χ4n) is 2.37. The van der Waals surface area contributed by atoms with E-state index in [1.54, 1.807) is 11.3 Å². The Morgan fingerprint density at radius 2 is 1.63 bits per heavy atom. The topological polar surface area (TPSA) is 17.1 Å². The maximum absolute atomic E-state index is 12.7. The van der Waals surface area contributed by atoms with E-state index in [0.717, 1.165) is 28.0 Å². The quantitative estimate of drug-likeness (QED) is 0.735. The Morgan fingerprint density at radius 1 is 1.05 bits per heavy atom. The van der Waals surface area contributed by atoms with Crippen LogP contribution in [0.5, 0.6) is 0 Å². The van der Waals surface area contributed by atoms with Gasteiger partial charge in [0.2, 0.25) is 5.78 Å². The largest absolute Gasteiger partial charge is 0.288 e. The number of aryl methyl sites for hydroxylation is 3. The van der Waals surface area contributed by atoms with Gasteiger partial charge in [-0.1, -0.05) is 13.0 Å². The number of benzene rings is 1. The zero-order valence-corrected chi connectivity index (χ0v) is 13.1. The summed E-state index contributed by atoms with van der Waals surface area (Å²) in [5.74, 6) is 0.173. The molecule has 1 aromatic heterocycles. The van der Waals surface area contributed by atoms with Crippen LogP contribution in [-0.4, -0.2) is 5.78 Å². The van der Waals surface area contributed by atoms with E-state index in [1.807, 2.05) is 19.9 Å². The van der Waals surface area contributed by atoms with Crippen molar-refractivity contribution in [2.24, 2.45) is 0 Å². The fraction of sp³-hybridized carbons (Fsp3) is 0.353. The minimum Gasteiger partial charge on any atom is -0.288 e. The molecule has 2 heteroatoms. The third-order valence-electron chi connectivity index (χ3n) is 3.83. The lowest BCUT2D eigenvalue weighted by Crippen LogP contribution is -2.07. The number of carbonyl (C=O) groups excluding carboxylic acids is 1. The van der Waals surface area contributed by atoms with E-state index in [-0.39, 0.29) is 5.78 Å². The van der Waals surface area contributed by atoms with Crippen molar-refractivity contribution < 1.29 is 4.79 Å². The van der Waals surface area contributed by atoms with Crippen LogP contribution < -0.4 is 0 Å². The first-order chi connectivity index (χ1) is 8.95. The molecule has 1 aromatic carbocycles. The summed E-state index contributed by atoms with van der Waals surface area (Å²) in [5, 5.41) is 0. The summed E-state index contributed by atoms with van der Waals surface area (Å²) in [6.45, 7) is 10.4. The number of thiophene rings is 1. The van der Waals surface area contributed by atoms with Crippen LogP contribution in [0.15, 0.2) is 18.2 Å². The van der Waals surface area contributed by atoms with Gasteiger partial charge in [0, 0.05) is 10.4 Å². The van der Waals surface area contributed by atoms with Crippen molar-refractivity contribution >= 4 is 17.1 Å². The minimum absolute atomic E-state index is 0.173. The lowest BCUT2D eigenvalue weighted by atomic mass is 9.91. The SMILES string of the molecule is CCc1ccc(C(=O)c2c(C)c(C)cc(C)c2C)s1. The smallest absolute Gasteiger partial charge is 0.203 e. The monoisotopic (exact) mass is 272 g/mol. The van der Waals surface area contributed by atoms with Gasteiger partial charge in [-0.15, -0.1) is 11.3 Å². The Balaban J connectivity index is 2.55. The molecule has 0 radical (unpaired) electrons. The van der Waals surface area contributed by atoms with Gasteiger partial charge in [0.1, 0.15) is 0 Å². The summed E-state index contributed by atoms with van der Waals surface area (Å²) in [7, 11) is 0. The fourth-order valence-corrected chi connectivity index (χ4v) is 3.26. The van der Waals surface area contributed by atoms with Gasteiger partial charge in [-0.25, -0.2) is 0 Å². The first-order valence-corrected chi connectivity index (χ1v) is 7.48. The van der Waals surface area contributed by atoms with E-state index < -0.39 is 0 Å². The molecule has 0 aliphatic carbocycles. The van der Waals surface area contributed by atoms with Crippen molar-refractivity contribution in [1.29, 1.82) is 0 Å². The summed E-state index contributed by atoms with van der Waals surface area (Å²) < 4.78 is 0. The van der Waals surface area contributed by atoms with Gasteiger partial charge in [0.05, 0.1) is 4.88 Å². The normalized spacial score (nSPS) is 10.8. The molecule has 0 fully saturated rings. The van der Waals surface area contributed by atoms with Crippen LogP contribution in [0.2, 0.25) is 0 Å². The maximum Gasteiger partial charge on any atom is 0.203 e. The van der Waals surface area contributed by atoms with E-state index in [4.69, 9.17) is 0 Å². The molecule has 0 spiro atoms. The molecule has 0 aliphatic rings. The van der Waals surface area contributed by atoms with Crippen LogP contribution in [0, 0.1) is 27.7 Å². The number of rotatable bonds is 3. The van der Waals surface area contributed by atoms with Gasteiger partial charge in [-0.2, -0.15) is 0 Å². The van der Waals surface area contributed by atoms with E-state index in [9.17, 15) is 4.79 Å². The van der Waals surface area contributed by atoms with E-state index in [1.165, 1.54) is 16.0 Å². The van der Waals surface area contributed by atoms with E-state index in [2.05, 4.69) is 32.9 Å². The zero-order chi connectivity index (χ0) is 14.2. The Kier molecular flexibility index (Phi) is 3.91. The molecule has 2 rings (SSSR count). The predicted octanol–water partition coefficient (Wildman–Crippen LogP) is 4.78. The molecule has 0 saturated carbocycles. The summed E-state index contributed by atoms with van der Waals surface area (Å²) in [6.07, 6.45) is 0.989. The summed E-state index contributed by atoms with van der Waals surface area (Å²) >= 11 is 1.62. The van der Waals surface area contributed by atoms with Crippen molar-refractivity contribution in [3.63, 3.8) is 0 Å². The van der Waals surface area contributed by atoms with Crippen molar-refractivity contribution in [2.45, 2.75) is 41.0 Å². The van der Waals surface area contributed by atoms with Crippen molar-refractivity contribution in [3.8, 4) is 0 Å². The molecular weight excluding hydrogens is 252 g/mol. The average molecular weight is 272 g/mol. The van der Waals surface area contributed by atoms with Gasteiger partial charge >= 0.3 is 0 Å². The summed E-state index contributed by atoms with van der Waals surface area (Å²) in [5.41, 5.74) is 5.50. The summed E-state index contributed by atoms with van der Waals surface area (Å²) in [6, 6.07) is 6.18. The Morgan fingerprint density at radius 3 is 2.11 bits per heavy atom. The number of hydrogen-bond donors (Lipinski definition) is 0. The van der Waals surface area contributed by atoms with Crippen molar-refractivity contribution in [2.75, 3.05) is 0 Å². The van der Waals surface area contributed by atoms with Crippen LogP contribution in [-0.2, 0) is 6.42 Å². The van der Waals surface area contributed by atoms with Crippen LogP contribution in [0.25, 0.3) is 0 Å². The zero-order valence-electron chi connectivity index (χ0n) is 12.3. The molecule has 100 valence electrons. The highest BCUT2D eigenvalue weighted by atomic mass is 32.1. The van der Waals surface area contributed by atoms with Gasteiger partial charge < -0.3 is 0 Å². The van der Waals surface area contributed by atoms with Crippen LogP contribution >= 0.6 is 11.3 Å². The van der Waals surface area contributed by atoms with Gasteiger partial charge in [0.15, 0.2) is 0 Å². The third-order valence-corrected chi connectivity index (χ3v) is 5.06. The molecule has 0 N–H and O–H groups in total. The standard InChI is InChI=1S/C17H20OS/c1-6-14-7-8-15(19-14)17(18)16-12(4)10(2)9-11(3)13(16)5/h7-9H,6H2,1-5H3. The molecule has 0 atom stereocenters. The Hall–Kier alpha value is -1.41. The number of carbonyl (C=O) groups is 1. The van der Waals surface area contributed by atoms with Gasteiger partial charge in [-0.3, -0.25) is 4.79 Å². The highest BCUT2D eigenvalue weighted by molar-refractivity contribution is 7.14. The minimum atomic E-state index is 0.173. The predicted molar refractivity (Wildman–Crippen MR) is 82.5 cm³/mol. The molecule has 0 unspecified atom stereocenters. The molecule has 2 aromatic rings. The number of ketones is 1. The van der Waals surface area contributed by atoms with Crippen molar-refractivity contribution in [1.82, 2.24) is 0 Å². The van der Waals surface area contributed by atoms with Crippen molar-refractivity contribution in [3.05, 3.63) is 55.8 Å². The summed E-state index contributed by atoms with van der Waals surface area (Å²) in [4.78, 5) is 14.9. The average Bonchev–Trinajstić information content (AvgIpc) is 2.85. The van der Waals surface area contributed by atoms with E-state index in [0.29, 0.717) is 0 Å². The lowest BCUT2D eigenvalue weighted by molar-refractivity contribution is 0.104. The Bertz CT molecular complexity index is 609. The molecular formula is C17H20OS. The number of hydrogen-bond acceptors (Lipinski definition) is 2. The van der Waals surface area contributed by atoms with Gasteiger partial charge in [-0.05, 0) is 68.5 Å². The highest BCUT2D eigenvalue weighted by Crippen LogP contribution is 2.27.